The number of hydrogen-bond acceptors (Lipinski definition) is 3. The summed E-state index contributed by atoms with van der Waals surface area (Å²) in [7, 11) is 0. The van der Waals surface area contributed by atoms with E-state index in [1.165, 1.54) is 41.1 Å². The molecule has 0 unspecified atom stereocenters. The summed E-state index contributed by atoms with van der Waals surface area (Å²) in [5, 5.41) is 1.01. The second-order valence-electron chi connectivity index (χ2n) is 8.07. The van der Waals surface area contributed by atoms with Crippen LogP contribution >= 0.6 is 11.3 Å². The zero-order valence-electron chi connectivity index (χ0n) is 17.2. The molecule has 2 aromatic heterocycles. The number of rotatable bonds is 3. The number of halogens is 1. The molecule has 5 rings (SSSR count). The zero-order chi connectivity index (χ0) is 21.4. The Bertz CT molecular complexity index is 1100. The van der Waals surface area contributed by atoms with E-state index in [0.717, 1.165) is 29.8 Å². The van der Waals surface area contributed by atoms with Gasteiger partial charge in [0.25, 0.3) is 11.8 Å². The van der Waals surface area contributed by atoms with E-state index < -0.39 is 0 Å². The lowest BCUT2D eigenvalue weighted by molar-refractivity contribution is 0.0535. The summed E-state index contributed by atoms with van der Waals surface area (Å²) >= 11 is 1.74. The number of thiophene rings is 1. The molecular formula is C24H24FN3O2S. The fraction of sp³-hybridized carbons (Fsp3) is 0.333. The third-order valence-corrected chi connectivity index (χ3v) is 7.46. The molecule has 1 aliphatic carbocycles. The Morgan fingerprint density at radius 1 is 0.839 bits per heavy atom. The van der Waals surface area contributed by atoms with Crippen LogP contribution in [-0.4, -0.2) is 52.4 Å². The standard InChI is InChI=1S/C24H24FN3O2S/c25-18-9-7-17(8-10-18)22(29)26-13-15-27(16-14-26)23(30)21-19-5-1-2-6-20(19)31-24(21)28-11-3-4-12-28/h3-4,7-12H,1-2,5-6,13-16H2. The number of aromatic nitrogens is 1. The SMILES string of the molecule is O=C(c1ccc(F)cc1)N1CCN(C(=O)c2c(-n3cccc3)sc3c2CCCC3)CC1. The van der Waals surface area contributed by atoms with Crippen molar-refractivity contribution in [2.24, 2.45) is 0 Å². The van der Waals surface area contributed by atoms with Crippen LogP contribution in [0.5, 0.6) is 0 Å². The molecule has 7 heteroatoms. The molecule has 31 heavy (non-hydrogen) atoms. The molecule has 0 radical (unpaired) electrons. The molecule has 2 amide bonds. The van der Waals surface area contributed by atoms with Crippen molar-refractivity contribution < 1.29 is 14.0 Å². The van der Waals surface area contributed by atoms with Crippen LogP contribution in [-0.2, 0) is 12.8 Å². The lowest BCUT2D eigenvalue weighted by atomic mass is 9.95. The highest BCUT2D eigenvalue weighted by molar-refractivity contribution is 7.15. The van der Waals surface area contributed by atoms with Crippen LogP contribution in [0.3, 0.4) is 0 Å². The number of piperazine rings is 1. The Morgan fingerprint density at radius 3 is 2.13 bits per heavy atom. The monoisotopic (exact) mass is 437 g/mol. The Labute approximate surface area is 184 Å². The molecule has 5 nitrogen and oxygen atoms in total. The molecule has 0 saturated carbocycles. The number of nitrogens with zero attached hydrogens (tertiary/aromatic N) is 3. The van der Waals surface area contributed by atoms with Gasteiger partial charge >= 0.3 is 0 Å². The summed E-state index contributed by atoms with van der Waals surface area (Å²) < 4.78 is 15.2. The maximum absolute atomic E-state index is 13.6. The minimum absolute atomic E-state index is 0.0666. The van der Waals surface area contributed by atoms with E-state index in [0.29, 0.717) is 31.7 Å². The molecule has 0 spiro atoms. The summed E-state index contributed by atoms with van der Waals surface area (Å²) in [6.07, 6.45) is 8.28. The zero-order valence-corrected chi connectivity index (χ0v) is 18.0. The molecule has 3 heterocycles. The van der Waals surface area contributed by atoms with Crippen molar-refractivity contribution in [2.75, 3.05) is 26.2 Å². The molecule has 0 N–H and O–H groups in total. The minimum Gasteiger partial charge on any atom is -0.335 e. The lowest BCUT2D eigenvalue weighted by Crippen LogP contribution is -2.50. The van der Waals surface area contributed by atoms with Gasteiger partial charge in [-0.3, -0.25) is 9.59 Å². The number of aryl methyl sites for hydroxylation is 1. The predicted octanol–water partition coefficient (Wildman–Crippen LogP) is 4.15. The van der Waals surface area contributed by atoms with Gasteiger partial charge in [0.15, 0.2) is 0 Å². The average Bonchev–Trinajstić information content (AvgIpc) is 3.46. The fourth-order valence-corrected chi connectivity index (χ4v) is 5.82. The normalized spacial score (nSPS) is 16.3. The number of hydrogen-bond donors (Lipinski definition) is 0. The molecule has 0 bridgehead atoms. The number of carbonyl (C=O) groups excluding carboxylic acids is 2. The van der Waals surface area contributed by atoms with Gasteiger partial charge in [-0.1, -0.05) is 0 Å². The summed E-state index contributed by atoms with van der Waals surface area (Å²) in [4.78, 5) is 31.3. The Morgan fingerprint density at radius 2 is 1.45 bits per heavy atom. The van der Waals surface area contributed by atoms with Crippen molar-refractivity contribution in [1.29, 1.82) is 0 Å². The Kier molecular flexibility index (Phi) is 5.36. The highest BCUT2D eigenvalue weighted by Crippen LogP contribution is 2.37. The van der Waals surface area contributed by atoms with E-state index in [1.807, 2.05) is 34.0 Å². The van der Waals surface area contributed by atoms with Gasteiger partial charge in [0.2, 0.25) is 0 Å². The molecular weight excluding hydrogens is 413 g/mol. The minimum atomic E-state index is -0.357. The maximum atomic E-state index is 13.6. The van der Waals surface area contributed by atoms with Crippen LogP contribution in [0.4, 0.5) is 4.39 Å². The van der Waals surface area contributed by atoms with Crippen molar-refractivity contribution in [3.8, 4) is 5.00 Å². The molecule has 2 aliphatic rings. The van der Waals surface area contributed by atoms with Crippen molar-refractivity contribution in [3.63, 3.8) is 0 Å². The van der Waals surface area contributed by atoms with Crippen molar-refractivity contribution >= 4 is 23.2 Å². The highest BCUT2D eigenvalue weighted by atomic mass is 32.1. The summed E-state index contributed by atoms with van der Waals surface area (Å²) in [6, 6.07) is 9.58. The van der Waals surface area contributed by atoms with E-state index in [4.69, 9.17) is 0 Å². The topological polar surface area (TPSA) is 45.6 Å². The summed E-state index contributed by atoms with van der Waals surface area (Å²) in [5.74, 6) is -0.408. The van der Waals surface area contributed by atoms with Gasteiger partial charge in [-0.25, -0.2) is 4.39 Å². The second kappa shape index (κ2) is 8.30. The Hall–Kier alpha value is -2.93. The van der Waals surface area contributed by atoms with Gasteiger partial charge in [-0.05, 0) is 67.6 Å². The van der Waals surface area contributed by atoms with Crippen LogP contribution in [0, 0.1) is 5.82 Å². The van der Waals surface area contributed by atoms with E-state index in [-0.39, 0.29) is 17.6 Å². The van der Waals surface area contributed by atoms with Gasteiger partial charge in [0, 0.05) is 49.0 Å². The van der Waals surface area contributed by atoms with Crippen LogP contribution in [0.1, 0.15) is 44.0 Å². The Balaban J connectivity index is 1.35. The van der Waals surface area contributed by atoms with Gasteiger partial charge < -0.3 is 14.4 Å². The molecule has 0 atom stereocenters. The smallest absolute Gasteiger partial charge is 0.257 e. The predicted molar refractivity (Wildman–Crippen MR) is 118 cm³/mol. The molecule has 1 saturated heterocycles. The first-order valence-electron chi connectivity index (χ1n) is 10.7. The first-order valence-corrected chi connectivity index (χ1v) is 11.6. The average molecular weight is 438 g/mol. The van der Waals surface area contributed by atoms with Gasteiger partial charge in [0.05, 0.1) is 5.56 Å². The quantitative estimate of drug-likeness (QED) is 0.618. The van der Waals surface area contributed by atoms with Gasteiger partial charge in [-0.15, -0.1) is 11.3 Å². The third kappa shape index (κ3) is 3.78. The largest absolute Gasteiger partial charge is 0.335 e. The van der Waals surface area contributed by atoms with E-state index in [1.54, 1.807) is 16.2 Å². The van der Waals surface area contributed by atoms with E-state index in [2.05, 4.69) is 0 Å². The van der Waals surface area contributed by atoms with Gasteiger partial charge in [-0.2, -0.15) is 0 Å². The molecule has 1 aromatic carbocycles. The first kappa shape index (κ1) is 20.0. The van der Waals surface area contributed by atoms with Crippen LogP contribution in [0.25, 0.3) is 5.00 Å². The fourth-order valence-electron chi connectivity index (χ4n) is 4.47. The summed E-state index contributed by atoms with van der Waals surface area (Å²) in [6.45, 7) is 1.96. The number of carbonyl (C=O) groups is 2. The van der Waals surface area contributed by atoms with E-state index in [9.17, 15) is 14.0 Å². The highest BCUT2D eigenvalue weighted by Gasteiger charge is 2.31. The van der Waals surface area contributed by atoms with Crippen LogP contribution < -0.4 is 0 Å². The summed E-state index contributed by atoms with van der Waals surface area (Å²) in [5.41, 5.74) is 2.53. The van der Waals surface area contributed by atoms with Crippen molar-refractivity contribution in [2.45, 2.75) is 25.7 Å². The number of benzene rings is 1. The molecule has 3 aromatic rings. The number of amides is 2. The van der Waals surface area contributed by atoms with Gasteiger partial charge in [0.1, 0.15) is 10.8 Å². The van der Waals surface area contributed by atoms with E-state index >= 15 is 0 Å². The first-order chi connectivity index (χ1) is 15.1. The molecule has 1 aliphatic heterocycles. The van der Waals surface area contributed by atoms with Crippen molar-refractivity contribution in [1.82, 2.24) is 14.4 Å². The van der Waals surface area contributed by atoms with Crippen LogP contribution in [0.2, 0.25) is 0 Å². The maximum Gasteiger partial charge on any atom is 0.257 e. The lowest BCUT2D eigenvalue weighted by Gasteiger charge is -2.35. The number of fused-ring (bicyclic) bond motifs is 1. The second-order valence-corrected chi connectivity index (χ2v) is 9.16. The van der Waals surface area contributed by atoms with Crippen LogP contribution in [0.15, 0.2) is 48.8 Å². The molecule has 160 valence electrons. The van der Waals surface area contributed by atoms with Crippen molar-refractivity contribution in [3.05, 3.63) is 76.2 Å². The molecule has 1 fully saturated rings. The third-order valence-electron chi connectivity index (χ3n) is 6.15.